The van der Waals surface area contributed by atoms with Crippen LogP contribution in [0.4, 0.5) is 0 Å². The van der Waals surface area contributed by atoms with E-state index >= 15 is 0 Å². The van der Waals surface area contributed by atoms with E-state index in [1.807, 2.05) is 6.92 Å². The van der Waals surface area contributed by atoms with Gasteiger partial charge in [0.15, 0.2) is 0 Å². The van der Waals surface area contributed by atoms with Crippen molar-refractivity contribution in [2.45, 2.75) is 46.1 Å². The van der Waals surface area contributed by atoms with Gasteiger partial charge in [0.05, 0.1) is 6.10 Å². The Morgan fingerprint density at radius 3 is 2.21 bits per heavy atom. The van der Waals surface area contributed by atoms with E-state index in [2.05, 4.69) is 39.0 Å². The van der Waals surface area contributed by atoms with Crippen LogP contribution in [0.5, 0.6) is 0 Å². The Morgan fingerprint density at radius 1 is 1.14 bits per heavy atom. The molecule has 1 nitrogen and oxygen atoms in total. The second-order valence-corrected chi connectivity index (χ2v) is 4.15. The van der Waals surface area contributed by atoms with Gasteiger partial charge in [-0.1, -0.05) is 39.0 Å². The first-order valence-electron chi connectivity index (χ1n) is 5.37. The van der Waals surface area contributed by atoms with Crippen LogP contribution >= 0.6 is 0 Å². The Bertz CT molecular complexity index is 300. The Labute approximate surface area is 86.8 Å². The summed E-state index contributed by atoms with van der Waals surface area (Å²) in [6, 6.07) is 6.42. The number of rotatable bonds is 3. The van der Waals surface area contributed by atoms with E-state index in [4.69, 9.17) is 0 Å². The molecule has 0 bridgehead atoms. The van der Waals surface area contributed by atoms with Crippen molar-refractivity contribution in [3.8, 4) is 0 Å². The maximum Gasteiger partial charge on any atom is 0.0764 e. The molecule has 1 rings (SSSR count). The van der Waals surface area contributed by atoms with Crippen molar-refractivity contribution in [2.24, 2.45) is 0 Å². The number of aliphatic hydroxyl groups is 1. The molecule has 0 aliphatic carbocycles. The number of benzene rings is 1. The summed E-state index contributed by atoms with van der Waals surface area (Å²) in [6.45, 7) is 8.29. The van der Waals surface area contributed by atoms with Crippen LogP contribution in [-0.2, 0) is 6.42 Å². The SMILES string of the molecule is CCc1ccc(C(C)C)c(C(C)O)c1. The van der Waals surface area contributed by atoms with Crippen LogP contribution in [-0.4, -0.2) is 5.11 Å². The van der Waals surface area contributed by atoms with Gasteiger partial charge in [-0.05, 0) is 36.0 Å². The fourth-order valence-electron chi connectivity index (χ4n) is 1.73. The molecule has 0 fully saturated rings. The van der Waals surface area contributed by atoms with Crippen LogP contribution in [0.3, 0.4) is 0 Å². The van der Waals surface area contributed by atoms with Crippen LogP contribution in [0.2, 0.25) is 0 Å². The zero-order valence-corrected chi connectivity index (χ0v) is 9.54. The zero-order valence-electron chi connectivity index (χ0n) is 9.54. The first kappa shape index (κ1) is 11.3. The minimum atomic E-state index is -0.362. The fourth-order valence-corrected chi connectivity index (χ4v) is 1.73. The monoisotopic (exact) mass is 192 g/mol. The average molecular weight is 192 g/mol. The molecule has 1 unspecified atom stereocenters. The third-order valence-corrected chi connectivity index (χ3v) is 2.63. The van der Waals surface area contributed by atoms with Gasteiger partial charge in [0.1, 0.15) is 0 Å². The predicted octanol–water partition coefficient (Wildman–Crippen LogP) is 3.43. The molecular weight excluding hydrogens is 172 g/mol. The summed E-state index contributed by atoms with van der Waals surface area (Å²) in [5, 5.41) is 9.67. The number of aryl methyl sites for hydroxylation is 1. The van der Waals surface area contributed by atoms with Crippen LogP contribution < -0.4 is 0 Å². The summed E-state index contributed by atoms with van der Waals surface area (Å²) >= 11 is 0. The molecular formula is C13H20O. The Balaban J connectivity index is 3.17. The summed E-state index contributed by atoms with van der Waals surface area (Å²) in [6.07, 6.45) is 0.664. The second kappa shape index (κ2) is 4.61. The highest BCUT2D eigenvalue weighted by atomic mass is 16.3. The molecule has 1 N–H and O–H groups in total. The van der Waals surface area contributed by atoms with Gasteiger partial charge in [-0.15, -0.1) is 0 Å². The topological polar surface area (TPSA) is 20.2 Å². The molecule has 0 aromatic heterocycles. The molecule has 0 saturated carbocycles. The van der Waals surface area contributed by atoms with Crippen LogP contribution in [0.25, 0.3) is 0 Å². The predicted molar refractivity (Wildman–Crippen MR) is 60.5 cm³/mol. The summed E-state index contributed by atoms with van der Waals surface area (Å²) in [4.78, 5) is 0. The van der Waals surface area contributed by atoms with Gasteiger partial charge < -0.3 is 5.11 Å². The second-order valence-electron chi connectivity index (χ2n) is 4.15. The lowest BCUT2D eigenvalue weighted by molar-refractivity contribution is 0.197. The summed E-state index contributed by atoms with van der Waals surface area (Å²) in [7, 11) is 0. The van der Waals surface area contributed by atoms with E-state index < -0.39 is 0 Å². The van der Waals surface area contributed by atoms with E-state index in [-0.39, 0.29) is 6.10 Å². The third kappa shape index (κ3) is 2.36. The maximum absolute atomic E-state index is 9.67. The highest BCUT2D eigenvalue weighted by Crippen LogP contribution is 2.26. The van der Waals surface area contributed by atoms with E-state index in [9.17, 15) is 5.11 Å². The van der Waals surface area contributed by atoms with Crippen molar-refractivity contribution in [3.05, 3.63) is 34.9 Å². The van der Waals surface area contributed by atoms with Crippen molar-refractivity contribution in [2.75, 3.05) is 0 Å². The van der Waals surface area contributed by atoms with Crippen molar-refractivity contribution in [3.63, 3.8) is 0 Å². The fraction of sp³-hybridized carbons (Fsp3) is 0.538. The largest absolute Gasteiger partial charge is 0.389 e. The normalized spacial score (nSPS) is 13.3. The van der Waals surface area contributed by atoms with Gasteiger partial charge >= 0.3 is 0 Å². The first-order valence-corrected chi connectivity index (χ1v) is 5.37. The molecule has 0 saturated heterocycles. The molecule has 1 aromatic carbocycles. The summed E-state index contributed by atoms with van der Waals surface area (Å²) in [5.74, 6) is 0.477. The van der Waals surface area contributed by atoms with E-state index in [1.54, 1.807) is 0 Å². The standard InChI is InChI=1S/C13H20O/c1-5-11-6-7-12(9(2)3)13(8-11)10(4)14/h6-10,14H,5H2,1-4H3. The number of aliphatic hydroxyl groups excluding tert-OH is 1. The Hall–Kier alpha value is -0.820. The molecule has 0 amide bonds. The highest BCUT2D eigenvalue weighted by molar-refractivity contribution is 5.35. The lowest BCUT2D eigenvalue weighted by Crippen LogP contribution is -2.01. The molecule has 0 heterocycles. The minimum Gasteiger partial charge on any atom is -0.389 e. The molecule has 0 spiro atoms. The smallest absolute Gasteiger partial charge is 0.0764 e. The summed E-state index contributed by atoms with van der Waals surface area (Å²) < 4.78 is 0. The van der Waals surface area contributed by atoms with Gasteiger partial charge in [0, 0.05) is 0 Å². The first-order chi connectivity index (χ1) is 6.56. The number of hydrogen-bond donors (Lipinski definition) is 1. The maximum atomic E-state index is 9.67. The molecule has 78 valence electrons. The molecule has 1 aromatic rings. The van der Waals surface area contributed by atoms with Gasteiger partial charge in [-0.3, -0.25) is 0 Å². The van der Waals surface area contributed by atoms with Crippen molar-refractivity contribution < 1.29 is 5.11 Å². The van der Waals surface area contributed by atoms with Crippen molar-refractivity contribution in [1.82, 2.24) is 0 Å². The third-order valence-electron chi connectivity index (χ3n) is 2.63. The summed E-state index contributed by atoms with van der Waals surface area (Å²) in [5.41, 5.74) is 3.64. The van der Waals surface area contributed by atoms with E-state index in [0.29, 0.717) is 5.92 Å². The Morgan fingerprint density at radius 2 is 1.79 bits per heavy atom. The van der Waals surface area contributed by atoms with E-state index in [0.717, 1.165) is 12.0 Å². The molecule has 1 heteroatoms. The lowest BCUT2D eigenvalue weighted by atomic mass is 9.92. The Kier molecular flexibility index (Phi) is 3.70. The van der Waals surface area contributed by atoms with Crippen LogP contribution in [0.1, 0.15) is 56.4 Å². The van der Waals surface area contributed by atoms with Crippen LogP contribution in [0, 0.1) is 0 Å². The zero-order chi connectivity index (χ0) is 10.7. The minimum absolute atomic E-state index is 0.362. The van der Waals surface area contributed by atoms with Crippen molar-refractivity contribution in [1.29, 1.82) is 0 Å². The molecule has 1 atom stereocenters. The van der Waals surface area contributed by atoms with Gasteiger partial charge in [-0.2, -0.15) is 0 Å². The number of hydrogen-bond acceptors (Lipinski definition) is 1. The molecule has 0 radical (unpaired) electrons. The van der Waals surface area contributed by atoms with Gasteiger partial charge in [0.25, 0.3) is 0 Å². The average Bonchev–Trinajstić information content (AvgIpc) is 2.16. The van der Waals surface area contributed by atoms with Crippen molar-refractivity contribution >= 4 is 0 Å². The molecule has 14 heavy (non-hydrogen) atoms. The molecule has 0 aliphatic rings. The van der Waals surface area contributed by atoms with Gasteiger partial charge in [-0.25, -0.2) is 0 Å². The highest BCUT2D eigenvalue weighted by Gasteiger charge is 2.10. The molecule has 0 aliphatic heterocycles. The van der Waals surface area contributed by atoms with Crippen LogP contribution in [0.15, 0.2) is 18.2 Å². The van der Waals surface area contributed by atoms with E-state index in [1.165, 1.54) is 11.1 Å². The van der Waals surface area contributed by atoms with Gasteiger partial charge in [0.2, 0.25) is 0 Å². The quantitative estimate of drug-likeness (QED) is 0.778. The lowest BCUT2D eigenvalue weighted by Gasteiger charge is -2.16.